The summed E-state index contributed by atoms with van der Waals surface area (Å²) in [5.41, 5.74) is 2.90. The lowest BCUT2D eigenvalue weighted by Gasteiger charge is -2.18. The predicted molar refractivity (Wildman–Crippen MR) is 88.1 cm³/mol. The van der Waals surface area contributed by atoms with Crippen molar-refractivity contribution < 1.29 is 0 Å². The van der Waals surface area contributed by atoms with Crippen molar-refractivity contribution in [3.05, 3.63) is 35.4 Å². The Bertz CT molecular complexity index is 393. The molecule has 1 heteroatoms. The van der Waals surface area contributed by atoms with Crippen LogP contribution in [-0.4, -0.2) is 12.6 Å². The van der Waals surface area contributed by atoms with Crippen molar-refractivity contribution in [2.75, 3.05) is 6.54 Å². The molecule has 0 bridgehead atoms. The second-order valence-electron chi connectivity index (χ2n) is 7.07. The molecule has 1 unspecified atom stereocenters. The maximum Gasteiger partial charge on any atom is 0.00683 e. The molecule has 0 spiro atoms. The first kappa shape index (κ1) is 15.6. The van der Waals surface area contributed by atoms with Crippen molar-refractivity contribution in [3.63, 3.8) is 0 Å². The predicted octanol–water partition coefficient (Wildman–Crippen LogP) is 4.73. The van der Waals surface area contributed by atoms with Gasteiger partial charge in [-0.2, -0.15) is 0 Å². The zero-order valence-corrected chi connectivity index (χ0v) is 13.5. The topological polar surface area (TPSA) is 12.0 Å². The fourth-order valence-corrected chi connectivity index (χ4v) is 2.88. The third-order valence-corrected chi connectivity index (χ3v) is 4.27. The van der Waals surface area contributed by atoms with E-state index >= 15 is 0 Å². The lowest BCUT2D eigenvalue weighted by molar-refractivity contribution is 0.405. The highest BCUT2D eigenvalue weighted by molar-refractivity contribution is 5.22. The molecule has 2 rings (SSSR count). The van der Waals surface area contributed by atoms with Crippen molar-refractivity contribution in [2.45, 2.75) is 65.3 Å². The zero-order chi connectivity index (χ0) is 14.4. The van der Waals surface area contributed by atoms with Crippen LogP contribution in [0, 0.1) is 18.8 Å². The van der Waals surface area contributed by atoms with Gasteiger partial charge < -0.3 is 5.32 Å². The highest BCUT2D eigenvalue weighted by Gasteiger charge is 2.22. The van der Waals surface area contributed by atoms with E-state index in [-0.39, 0.29) is 0 Å². The molecule has 1 fully saturated rings. The third-order valence-electron chi connectivity index (χ3n) is 4.27. The minimum absolute atomic E-state index is 0.802. The molecule has 0 saturated heterocycles. The van der Waals surface area contributed by atoms with Crippen molar-refractivity contribution in [2.24, 2.45) is 11.8 Å². The van der Waals surface area contributed by atoms with Gasteiger partial charge in [-0.25, -0.2) is 0 Å². The second-order valence-corrected chi connectivity index (χ2v) is 7.07. The smallest absolute Gasteiger partial charge is 0.00683 e. The molecule has 0 aliphatic heterocycles. The first-order valence-electron chi connectivity index (χ1n) is 8.42. The minimum atomic E-state index is 0.802. The van der Waals surface area contributed by atoms with Crippen molar-refractivity contribution in [1.29, 1.82) is 0 Å². The molecule has 1 aliphatic carbocycles. The van der Waals surface area contributed by atoms with Crippen LogP contribution in [0.25, 0.3) is 0 Å². The number of hydrogen-bond donors (Lipinski definition) is 1. The van der Waals surface area contributed by atoms with Crippen LogP contribution in [0.2, 0.25) is 0 Å². The Labute approximate surface area is 125 Å². The van der Waals surface area contributed by atoms with E-state index in [4.69, 9.17) is 0 Å². The maximum absolute atomic E-state index is 3.73. The lowest BCUT2D eigenvalue weighted by Crippen LogP contribution is -2.26. The molecule has 20 heavy (non-hydrogen) atoms. The molecule has 112 valence electrons. The molecule has 1 nitrogen and oxygen atoms in total. The molecular formula is C19H31N. The summed E-state index contributed by atoms with van der Waals surface area (Å²) in [6, 6.07) is 9.87. The second kappa shape index (κ2) is 7.83. The normalized spacial score (nSPS) is 16.6. The quantitative estimate of drug-likeness (QED) is 0.685. The fraction of sp³-hybridized carbons (Fsp3) is 0.684. The molecule has 0 aromatic heterocycles. The molecule has 1 aromatic carbocycles. The van der Waals surface area contributed by atoms with E-state index in [1.807, 2.05) is 0 Å². The van der Waals surface area contributed by atoms with E-state index in [1.54, 1.807) is 0 Å². The average Bonchev–Trinajstić information content (AvgIpc) is 3.19. The van der Waals surface area contributed by atoms with E-state index in [9.17, 15) is 0 Å². The summed E-state index contributed by atoms with van der Waals surface area (Å²) < 4.78 is 0. The van der Waals surface area contributed by atoms with E-state index in [0.29, 0.717) is 0 Å². The summed E-state index contributed by atoms with van der Waals surface area (Å²) in [6.45, 7) is 8.06. The van der Waals surface area contributed by atoms with Crippen molar-refractivity contribution in [3.8, 4) is 0 Å². The molecule has 1 aromatic rings. The van der Waals surface area contributed by atoms with Crippen LogP contribution >= 0.6 is 0 Å². The standard InChI is InChI=1S/C19H31N/c1-15(2)6-4-9-18(14-20-19-10-11-19)13-17-8-5-7-16(3)12-17/h5,7-8,12,15,18-20H,4,6,9-11,13-14H2,1-3H3. The largest absolute Gasteiger partial charge is 0.314 e. The monoisotopic (exact) mass is 273 g/mol. The first-order chi connectivity index (χ1) is 9.63. The number of aryl methyl sites for hydroxylation is 1. The maximum atomic E-state index is 3.73. The summed E-state index contributed by atoms with van der Waals surface area (Å²) in [5, 5.41) is 3.73. The molecular weight excluding hydrogens is 242 g/mol. The molecule has 1 aliphatic rings. The van der Waals surface area contributed by atoms with Gasteiger partial charge in [-0.15, -0.1) is 0 Å². The highest BCUT2D eigenvalue weighted by Crippen LogP contribution is 2.22. The van der Waals surface area contributed by atoms with Gasteiger partial charge in [0, 0.05) is 6.04 Å². The summed E-state index contributed by atoms with van der Waals surface area (Å²) in [6.07, 6.45) is 8.13. The average molecular weight is 273 g/mol. The van der Waals surface area contributed by atoms with Crippen molar-refractivity contribution >= 4 is 0 Å². The van der Waals surface area contributed by atoms with E-state index < -0.39 is 0 Å². The van der Waals surface area contributed by atoms with Gasteiger partial charge in [0.1, 0.15) is 0 Å². The summed E-state index contributed by atoms with van der Waals surface area (Å²) in [7, 11) is 0. The van der Waals surface area contributed by atoms with Crippen LogP contribution in [0.3, 0.4) is 0 Å². The summed E-state index contributed by atoms with van der Waals surface area (Å²) in [4.78, 5) is 0. The Balaban J connectivity index is 1.83. The highest BCUT2D eigenvalue weighted by atomic mass is 14.9. The van der Waals surface area contributed by atoms with E-state index in [0.717, 1.165) is 17.9 Å². The first-order valence-corrected chi connectivity index (χ1v) is 8.42. The van der Waals surface area contributed by atoms with Crippen LogP contribution < -0.4 is 5.32 Å². The van der Waals surface area contributed by atoms with Gasteiger partial charge in [-0.05, 0) is 56.6 Å². The fourth-order valence-electron chi connectivity index (χ4n) is 2.88. The summed E-state index contributed by atoms with van der Waals surface area (Å²) in [5.74, 6) is 1.64. The number of benzene rings is 1. The Morgan fingerprint density at radius 2 is 2.00 bits per heavy atom. The Kier molecular flexibility index (Phi) is 6.09. The van der Waals surface area contributed by atoms with Gasteiger partial charge in [0.2, 0.25) is 0 Å². The molecule has 1 saturated carbocycles. The lowest BCUT2D eigenvalue weighted by atomic mass is 9.92. The summed E-state index contributed by atoms with van der Waals surface area (Å²) >= 11 is 0. The Morgan fingerprint density at radius 3 is 2.65 bits per heavy atom. The number of nitrogens with one attached hydrogen (secondary N) is 1. The van der Waals surface area contributed by atoms with E-state index in [2.05, 4.69) is 50.4 Å². The van der Waals surface area contributed by atoms with Crippen LogP contribution in [-0.2, 0) is 6.42 Å². The molecule has 0 heterocycles. The molecule has 0 radical (unpaired) electrons. The number of hydrogen-bond acceptors (Lipinski definition) is 1. The minimum Gasteiger partial charge on any atom is -0.314 e. The van der Waals surface area contributed by atoms with Crippen LogP contribution in [0.15, 0.2) is 24.3 Å². The van der Waals surface area contributed by atoms with Gasteiger partial charge in [0.25, 0.3) is 0 Å². The Morgan fingerprint density at radius 1 is 1.20 bits per heavy atom. The van der Waals surface area contributed by atoms with Crippen molar-refractivity contribution in [1.82, 2.24) is 5.32 Å². The van der Waals surface area contributed by atoms with Gasteiger partial charge in [0.15, 0.2) is 0 Å². The van der Waals surface area contributed by atoms with Gasteiger partial charge in [-0.1, -0.05) is 56.5 Å². The third kappa shape index (κ3) is 6.09. The van der Waals surface area contributed by atoms with Gasteiger partial charge >= 0.3 is 0 Å². The van der Waals surface area contributed by atoms with Gasteiger partial charge in [0.05, 0.1) is 0 Å². The number of rotatable bonds is 9. The molecule has 1 N–H and O–H groups in total. The molecule has 0 amide bonds. The Hall–Kier alpha value is -0.820. The SMILES string of the molecule is Cc1cccc(CC(CCCC(C)C)CNC2CC2)c1. The molecule has 1 atom stereocenters. The van der Waals surface area contributed by atoms with Crippen LogP contribution in [0.5, 0.6) is 0 Å². The van der Waals surface area contributed by atoms with Crippen LogP contribution in [0.4, 0.5) is 0 Å². The van der Waals surface area contributed by atoms with E-state index in [1.165, 1.54) is 56.2 Å². The zero-order valence-electron chi connectivity index (χ0n) is 13.5. The van der Waals surface area contributed by atoms with Crippen LogP contribution in [0.1, 0.15) is 57.1 Å². The van der Waals surface area contributed by atoms with Gasteiger partial charge in [-0.3, -0.25) is 0 Å².